The number of fused-ring (bicyclic) bond motifs is 1. The zero-order valence-electron chi connectivity index (χ0n) is 12.6. The van der Waals surface area contributed by atoms with Crippen molar-refractivity contribution in [3.05, 3.63) is 29.8 Å². The maximum atomic E-state index is 11.9. The first kappa shape index (κ1) is 14.3. The summed E-state index contributed by atoms with van der Waals surface area (Å²) < 4.78 is 5.17. The third kappa shape index (κ3) is 2.15. The Morgan fingerprint density at radius 1 is 1.35 bits per heavy atom. The van der Waals surface area contributed by atoms with Gasteiger partial charge in [-0.1, -0.05) is 12.1 Å². The van der Waals surface area contributed by atoms with Crippen LogP contribution in [-0.4, -0.2) is 54.5 Å². The molecule has 4 rings (SSSR count). The lowest BCUT2D eigenvalue weighted by atomic mass is 9.95. The van der Waals surface area contributed by atoms with Crippen LogP contribution in [0.25, 0.3) is 0 Å². The number of nitrogens with zero attached hydrogens (tertiary/aromatic N) is 2. The molecule has 2 saturated heterocycles. The predicted octanol–water partition coefficient (Wildman–Crippen LogP) is 1.22. The van der Waals surface area contributed by atoms with E-state index < -0.39 is 6.09 Å². The second-order valence-electron chi connectivity index (χ2n) is 6.62. The summed E-state index contributed by atoms with van der Waals surface area (Å²) in [6.45, 7) is 1.96. The normalized spacial score (nSPS) is 32.0. The molecule has 2 heterocycles. The number of hydrogen-bond acceptors (Lipinski definition) is 4. The van der Waals surface area contributed by atoms with Crippen molar-refractivity contribution in [3.63, 3.8) is 0 Å². The number of rotatable bonds is 3. The molecule has 2 aliphatic heterocycles. The molecule has 1 saturated carbocycles. The van der Waals surface area contributed by atoms with Gasteiger partial charge in [0.15, 0.2) is 0 Å². The summed E-state index contributed by atoms with van der Waals surface area (Å²) in [5.74, 6) is 0.419. The monoisotopic (exact) mass is 317 g/mol. The molecule has 0 spiro atoms. The lowest BCUT2D eigenvalue weighted by Gasteiger charge is -2.19. The van der Waals surface area contributed by atoms with Gasteiger partial charge in [-0.25, -0.2) is 9.59 Å². The Morgan fingerprint density at radius 2 is 2.09 bits per heavy atom. The van der Waals surface area contributed by atoms with Crippen LogP contribution < -0.4 is 10.6 Å². The second kappa shape index (κ2) is 4.86. The van der Waals surface area contributed by atoms with Gasteiger partial charge in [0.05, 0.1) is 6.54 Å². The standard InChI is InChI=1S/C16H19N3O4/c17-6-13-8-19(15(22)23-13)12-3-1-10(2-4-12)16-5-11(16)7-18(9-16)14(20)21/h1-4,11,13H,5-9,17H2,(H,20,21)/t11?,13-,16?/m0/s1. The highest BCUT2D eigenvalue weighted by Gasteiger charge is 2.61. The average Bonchev–Trinajstić information content (AvgIpc) is 2.92. The molecular weight excluding hydrogens is 298 g/mol. The number of piperidine rings is 1. The van der Waals surface area contributed by atoms with Crippen molar-refractivity contribution < 1.29 is 19.4 Å². The van der Waals surface area contributed by atoms with E-state index in [1.807, 2.05) is 24.3 Å². The van der Waals surface area contributed by atoms with E-state index in [2.05, 4.69) is 0 Å². The van der Waals surface area contributed by atoms with Crippen LogP contribution in [0.2, 0.25) is 0 Å². The fraction of sp³-hybridized carbons (Fsp3) is 0.500. The van der Waals surface area contributed by atoms with Crippen molar-refractivity contribution in [2.45, 2.75) is 17.9 Å². The van der Waals surface area contributed by atoms with Crippen LogP contribution in [0.4, 0.5) is 15.3 Å². The number of carboxylic acid groups (broad SMARTS) is 1. The highest BCUT2D eigenvalue weighted by atomic mass is 16.6. The predicted molar refractivity (Wildman–Crippen MR) is 82.5 cm³/mol. The van der Waals surface area contributed by atoms with E-state index in [1.165, 1.54) is 4.90 Å². The number of nitrogens with two attached hydrogens (primary N) is 1. The molecule has 122 valence electrons. The lowest BCUT2D eigenvalue weighted by Crippen LogP contribution is -2.31. The first-order valence-electron chi connectivity index (χ1n) is 7.80. The summed E-state index contributed by atoms with van der Waals surface area (Å²) in [5.41, 5.74) is 7.46. The number of likely N-dealkylation sites (tertiary alicyclic amines) is 1. The molecule has 0 bridgehead atoms. The maximum Gasteiger partial charge on any atom is 0.414 e. The van der Waals surface area contributed by atoms with Crippen LogP contribution in [0.5, 0.6) is 0 Å². The average molecular weight is 317 g/mol. The van der Waals surface area contributed by atoms with Crippen LogP contribution >= 0.6 is 0 Å². The number of hydrogen-bond donors (Lipinski definition) is 2. The summed E-state index contributed by atoms with van der Waals surface area (Å²) in [5, 5.41) is 9.14. The largest absolute Gasteiger partial charge is 0.465 e. The van der Waals surface area contributed by atoms with E-state index in [-0.39, 0.29) is 17.6 Å². The molecular formula is C16H19N3O4. The first-order chi connectivity index (χ1) is 11.0. The van der Waals surface area contributed by atoms with E-state index in [1.54, 1.807) is 4.90 Å². The van der Waals surface area contributed by atoms with E-state index in [4.69, 9.17) is 15.6 Å². The van der Waals surface area contributed by atoms with Crippen molar-refractivity contribution in [1.29, 1.82) is 0 Å². The number of anilines is 1. The summed E-state index contributed by atoms with van der Waals surface area (Å²) >= 11 is 0. The van der Waals surface area contributed by atoms with Crippen molar-refractivity contribution in [3.8, 4) is 0 Å². The van der Waals surface area contributed by atoms with Gasteiger partial charge >= 0.3 is 12.2 Å². The Kier molecular flexibility index (Phi) is 3.02. The van der Waals surface area contributed by atoms with Crippen LogP contribution in [-0.2, 0) is 10.2 Å². The number of cyclic esters (lactones) is 1. The second-order valence-corrected chi connectivity index (χ2v) is 6.62. The lowest BCUT2D eigenvalue weighted by molar-refractivity contribution is 0.145. The van der Waals surface area contributed by atoms with Gasteiger partial charge in [-0.3, -0.25) is 4.90 Å². The van der Waals surface area contributed by atoms with Gasteiger partial charge in [-0.15, -0.1) is 0 Å². The molecule has 0 aromatic heterocycles. The minimum Gasteiger partial charge on any atom is -0.465 e. The molecule has 7 heteroatoms. The molecule has 1 aliphatic carbocycles. The van der Waals surface area contributed by atoms with Gasteiger partial charge in [0.2, 0.25) is 0 Å². The van der Waals surface area contributed by atoms with Crippen molar-refractivity contribution in [2.75, 3.05) is 31.1 Å². The quantitative estimate of drug-likeness (QED) is 0.874. The SMILES string of the molecule is NC[C@H]1CN(c2ccc(C34CC3CN(C(=O)O)C4)cc2)C(=O)O1. The van der Waals surface area contributed by atoms with Crippen LogP contribution in [0.15, 0.2) is 24.3 Å². The summed E-state index contributed by atoms with van der Waals surface area (Å²) in [6, 6.07) is 7.82. The number of carbonyl (C=O) groups excluding carboxylic acids is 1. The Labute approximate surface area is 133 Å². The van der Waals surface area contributed by atoms with Crippen molar-refractivity contribution >= 4 is 17.9 Å². The van der Waals surface area contributed by atoms with Gasteiger partial charge in [0, 0.05) is 30.7 Å². The van der Waals surface area contributed by atoms with E-state index in [9.17, 15) is 9.59 Å². The minimum atomic E-state index is -0.846. The molecule has 0 radical (unpaired) electrons. The molecule has 1 aromatic rings. The zero-order valence-corrected chi connectivity index (χ0v) is 12.6. The van der Waals surface area contributed by atoms with Crippen molar-refractivity contribution in [2.24, 2.45) is 11.7 Å². The Hall–Kier alpha value is -2.28. The zero-order chi connectivity index (χ0) is 16.2. The number of benzene rings is 1. The Bertz CT molecular complexity index is 662. The Morgan fingerprint density at radius 3 is 2.65 bits per heavy atom. The highest BCUT2D eigenvalue weighted by Crippen LogP contribution is 2.59. The first-order valence-corrected chi connectivity index (χ1v) is 7.80. The number of carbonyl (C=O) groups is 2. The fourth-order valence-electron chi connectivity index (χ4n) is 3.90. The smallest absolute Gasteiger partial charge is 0.414 e. The van der Waals surface area contributed by atoms with Crippen molar-refractivity contribution in [1.82, 2.24) is 4.90 Å². The topological polar surface area (TPSA) is 96.1 Å². The molecule has 2 amide bonds. The minimum absolute atomic E-state index is 0.0256. The number of ether oxygens (including phenoxy) is 1. The molecule has 7 nitrogen and oxygen atoms in total. The van der Waals surface area contributed by atoms with E-state index in [0.29, 0.717) is 32.1 Å². The third-order valence-electron chi connectivity index (χ3n) is 5.31. The molecule has 1 aromatic carbocycles. The third-order valence-corrected chi connectivity index (χ3v) is 5.31. The summed E-state index contributed by atoms with van der Waals surface area (Å²) in [7, 11) is 0. The molecule has 2 unspecified atom stereocenters. The molecule has 3 N–H and O–H groups in total. The van der Waals surface area contributed by atoms with Gasteiger partial charge in [0.1, 0.15) is 6.10 Å². The van der Waals surface area contributed by atoms with Gasteiger partial charge < -0.3 is 20.5 Å². The molecule has 23 heavy (non-hydrogen) atoms. The molecule has 3 fully saturated rings. The van der Waals surface area contributed by atoms with Gasteiger partial charge in [0.25, 0.3) is 0 Å². The van der Waals surface area contributed by atoms with Crippen LogP contribution in [0, 0.1) is 5.92 Å². The van der Waals surface area contributed by atoms with Gasteiger partial charge in [-0.2, -0.15) is 0 Å². The number of amides is 2. The molecule has 3 atom stereocenters. The van der Waals surface area contributed by atoms with Crippen LogP contribution in [0.3, 0.4) is 0 Å². The summed E-state index contributed by atoms with van der Waals surface area (Å²) in [6.07, 6.45) is -0.432. The Balaban J connectivity index is 1.52. The highest BCUT2D eigenvalue weighted by molar-refractivity contribution is 5.89. The fourth-order valence-corrected chi connectivity index (χ4v) is 3.90. The van der Waals surface area contributed by atoms with Gasteiger partial charge in [-0.05, 0) is 30.0 Å². The van der Waals surface area contributed by atoms with Crippen LogP contribution in [0.1, 0.15) is 12.0 Å². The molecule has 3 aliphatic rings. The summed E-state index contributed by atoms with van der Waals surface area (Å²) in [4.78, 5) is 26.0. The van der Waals surface area contributed by atoms with E-state index >= 15 is 0 Å². The van der Waals surface area contributed by atoms with E-state index in [0.717, 1.165) is 17.7 Å². The maximum absolute atomic E-state index is 11.9.